The minimum atomic E-state index is -3.66. The molecule has 1 amide bonds. The number of carbonyl (C=O) groups excluding carboxylic acids is 1. The molecule has 2 fully saturated rings. The maximum atomic E-state index is 13.1. The van der Waals surface area contributed by atoms with E-state index in [4.69, 9.17) is 4.74 Å². The first-order chi connectivity index (χ1) is 14.0. The molecule has 4 rings (SSSR count). The number of nitrogens with one attached hydrogen (secondary N) is 1. The van der Waals surface area contributed by atoms with E-state index in [9.17, 15) is 13.2 Å². The topological polar surface area (TPSA) is 88.6 Å². The highest BCUT2D eigenvalue weighted by Crippen LogP contribution is 2.34. The quantitative estimate of drug-likeness (QED) is 0.759. The number of sulfonamides is 1. The summed E-state index contributed by atoms with van der Waals surface area (Å²) in [4.78, 5) is 16.0. The molecule has 7 nitrogen and oxygen atoms in total. The fourth-order valence-electron chi connectivity index (χ4n) is 3.89. The third-order valence-corrected chi connectivity index (χ3v) is 7.30. The molecule has 1 aromatic heterocycles. The number of rotatable bonds is 5. The summed E-state index contributed by atoms with van der Waals surface area (Å²) in [5.41, 5.74) is 1.66. The summed E-state index contributed by atoms with van der Waals surface area (Å²) < 4.78 is 33.5. The smallest absolute Gasteiger partial charge is 0.245 e. The molecule has 2 aliphatic rings. The molecule has 3 atom stereocenters. The number of nitrogens with zero attached hydrogens (tertiary/aromatic N) is 2. The van der Waals surface area contributed by atoms with Crippen LogP contribution in [-0.2, 0) is 19.6 Å². The van der Waals surface area contributed by atoms with E-state index in [0.29, 0.717) is 19.4 Å². The second-order valence-corrected chi connectivity index (χ2v) is 9.21. The SMILES string of the molecule is C=CC(=O)NC1CC2CCN(S(=O)(=O)c3ccc(-c4ccccc4)nc3)CC2O1. The Morgan fingerprint density at radius 2 is 2.03 bits per heavy atom. The number of hydrogen-bond acceptors (Lipinski definition) is 5. The Kier molecular flexibility index (Phi) is 5.49. The van der Waals surface area contributed by atoms with Gasteiger partial charge in [-0.15, -0.1) is 0 Å². The molecule has 1 aromatic carbocycles. The molecular formula is C21H23N3O4S. The van der Waals surface area contributed by atoms with E-state index in [2.05, 4.69) is 16.9 Å². The van der Waals surface area contributed by atoms with E-state index in [-0.39, 0.29) is 29.4 Å². The van der Waals surface area contributed by atoms with Gasteiger partial charge in [-0.2, -0.15) is 4.31 Å². The predicted molar refractivity (Wildman–Crippen MR) is 108 cm³/mol. The molecule has 3 unspecified atom stereocenters. The Labute approximate surface area is 170 Å². The number of piperidine rings is 1. The van der Waals surface area contributed by atoms with Crippen LogP contribution in [0.25, 0.3) is 11.3 Å². The third-order valence-electron chi connectivity index (χ3n) is 5.45. The van der Waals surface area contributed by atoms with Gasteiger partial charge in [0.05, 0.1) is 11.8 Å². The molecule has 2 saturated heterocycles. The van der Waals surface area contributed by atoms with Crippen molar-refractivity contribution in [2.75, 3.05) is 13.1 Å². The van der Waals surface area contributed by atoms with Crippen LogP contribution in [0.3, 0.4) is 0 Å². The number of fused-ring (bicyclic) bond motifs is 1. The molecule has 2 aliphatic heterocycles. The van der Waals surface area contributed by atoms with Gasteiger partial charge >= 0.3 is 0 Å². The van der Waals surface area contributed by atoms with Gasteiger partial charge in [0, 0.05) is 24.8 Å². The largest absolute Gasteiger partial charge is 0.354 e. The number of ether oxygens (including phenoxy) is 1. The van der Waals surface area contributed by atoms with E-state index in [1.54, 1.807) is 12.1 Å². The van der Waals surface area contributed by atoms with Crippen LogP contribution in [0.5, 0.6) is 0 Å². The van der Waals surface area contributed by atoms with Gasteiger partial charge in [0.1, 0.15) is 11.1 Å². The molecule has 3 heterocycles. The van der Waals surface area contributed by atoms with Crippen molar-refractivity contribution in [1.82, 2.24) is 14.6 Å². The summed E-state index contributed by atoms with van der Waals surface area (Å²) in [5.74, 6) is -0.0575. The van der Waals surface area contributed by atoms with E-state index in [1.165, 1.54) is 16.6 Å². The van der Waals surface area contributed by atoms with Crippen LogP contribution in [0.2, 0.25) is 0 Å². The molecule has 8 heteroatoms. The summed E-state index contributed by atoms with van der Waals surface area (Å²) in [7, 11) is -3.66. The lowest BCUT2D eigenvalue weighted by atomic mass is 9.94. The van der Waals surface area contributed by atoms with Gasteiger partial charge in [-0.05, 0) is 37.0 Å². The monoisotopic (exact) mass is 413 g/mol. The zero-order valence-electron chi connectivity index (χ0n) is 15.9. The Balaban J connectivity index is 1.46. The van der Waals surface area contributed by atoms with Crippen molar-refractivity contribution >= 4 is 15.9 Å². The molecule has 2 aromatic rings. The molecule has 152 valence electrons. The summed E-state index contributed by atoms with van der Waals surface area (Å²) in [6.45, 7) is 4.13. The second-order valence-electron chi connectivity index (χ2n) is 7.27. The predicted octanol–water partition coefficient (Wildman–Crippen LogP) is 2.18. The van der Waals surface area contributed by atoms with Crippen molar-refractivity contribution in [2.45, 2.75) is 30.1 Å². The molecule has 0 aliphatic carbocycles. The van der Waals surface area contributed by atoms with Gasteiger partial charge in [-0.3, -0.25) is 9.78 Å². The maximum Gasteiger partial charge on any atom is 0.245 e. The Morgan fingerprint density at radius 1 is 1.24 bits per heavy atom. The Bertz CT molecular complexity index is 992. The first kappa shape index (κ1) is 19.8. The fraction of sp³-hybridized carbons (Fsp3) is 0.333. The van der Waals surface area contributed by atoms with Crippen LogP contribution in [0, 0.1) is 5.92 Å². The molecule has 0 bridgehead atoms. The standard InChI is InChI=1S/C21H23N3O4S/c1-2-20(25)23-21-12-16-10-11-24(14-19(16)28-21)29(26,27)17-8-9-18(22-13-17)15-6-4-3-5-7-15/h2-9,13,16,19,21H,1,10-12,14H2,(H,23,25). The van der Waals surface area contributed by atoms with E-state index >= 15 is 0 Å². The lowest BCUT2D eigenvalue weighted by Crippen LogP contribution is -2.45. The normalized spacial score (nSPS) is 24.6. The number of carbonyl (C=O) groups is 1. The molecular weight excluding hydrogens is 390 g/mol. The van der Waals surface area contributed by atoms with Crippen molar-refractivity contribution < 1.29 is 17.9 Å². The van der Waals surface area contributed by atoms with Crippen molar-refractivity contribution in [3.05, 3.63) is 61.3 Å². The average Bonchev–Trinajstić information content (AvgIpc) is 3.15. The highest BCUT2D eigenvalue weighted by molar-refractivity contribution is 7.89. The van der Waals surface area contributed by atoms with Crippen molar-refractivity contribution in [2.24, 2.45) is 5.92 Å². The van der Waals surface area contributed by atoms with Gasteiger partial charge in [0.2, 0.25) is 15.9 Å². The fourth-order valence-corrected chi connectivity index (χ4v) is 5.31. The molecule has 0 saturated carbocycles. The van der Waals surface area contributed by atoms with Crippen LogP contribution in [-0.4, -0.2) is 49.0 Å². The lowest BCUT2D eigenvalue weighted by molar-refractivity contribution is -0.120. The molecule has 1 N–H and O–H groups in total. The van der Waals surface area contributed by atoms with Gasteiger partial charge in [0.25, 0.3) is 0 Å². The summed E-state index contributed by atoms with van der Waals surface area (Å²) in [6.07, 6.45) is 3.36. The molecule has 0 spiro atoms. The zero-order valence-corrected chi connectivity index (χ0v) is 16.7. The van der Waals surface area contributed by atoms with Crippen LogP contribution in [0.15, 0.2) is 66.2 Å². The Hall–Kier alpha value is -2.55. The zero-order chi connectivity index (χ0) is 20.4. The van der Waals surface area contributed by atoms with Crippen molar-refractivity contribution in [1.29, 1.82) is 0 Å². The number of pyridine rings is 1. The number of amides is 1. The second kappa shape index (κ2) is 8.06. The van der Waals surface area contributed by atoms with E-state index < -0.39 is 16.3 Å². The summed E-state index contributed by atoms with van der Waals surface area (Å²) >= 11 is 0. The first-order valence-corrected chi connectivity index (χ1v) is 11.0. The van der Waals surface area contributed by atoms with Crippen LogP contribution < -0.4 is 5.32 Å². The average molecular weight is 413 g/mol. The van der Waals surface area contributed by atoms with Gasteiger partial charge in [0.15, 0.2) is 0 Å². The summed E-state index contributed by atoms with van der Waals surface area (Å²) in [6, 6.07) is 12.9. The number of hydrogen-bond donors (Lipinski definition) is 1. The van der Waals surface area contributed by atoms with Gasteiger partial charge in [-0.25, -0.2) is 8.42 Å². The molecule has 0 radical (unpaired) electrons. The van der Waals surface area contributed by atoms with Crippen molar-refractivity contribution in [3.8, 4) is 11.3 Å². The van der Waals surface area contributed by atoms with Crippen LogP contribution >= 0.6 is 0 Å². The maximum absolute atomic E-state index is 13.1. The first-order valence-electron chi connectivity index (χ1n) is 9.57. The van der Waals surface area contributed by atoms with Crippen LogP contribution in [0.1, 0.15) is 12.8 Å². The highest BCUT2D eigenvalue weighted by atomic mass is 32.2. The van der Waals surface area contributed by atoms with E-state index in [0.717, 1.165) is 11.3 Å². The third kappa shape index (κ3) is 4.10. The van der Waals surface area contributed by atoms with Crippen LogP contribution in [0.4, 0.5) is 0 Å². The Morgan fingerprint density at radius 3 is 2.72 bits per heavy atom. The highest BCUT2D eigenvalue weighted by Gasteiger charge is 2.42. The molecule has 29 heavy (non-hydrogen) atoms. The summed E-state index contributed by atoms with van der Waals surface area (Å²) in [5, 5.41) is 2.73. The van der Waals surface area contributed by atoms with Gasteiger partial charge in [-0.1, -0.05) is 36.9 Å². The van der Waals surface area contributed by atoms with Gasteiger partial charge < -0.3 is 10.1 Å². The minimum Gasteiger partial charge on any atom is -0.354 e. The number of benzene rings is 1. The minimum absolute atomic E-state index is 0.171. The van der Waals surface area contributed by atoms with E-state index in [1.807, 2.05) is 30.3 Å². The number of aromatic nitrogens is 1. The van der Waals surface area contributed by atoms with Crippen molar-refractivity contribution in [3.63, 3.8) is 0 Å². The lowest BCUT2D eigenvalue weighted by Gasteiger charge is -2.33.